The maximum Gasteiger partial charge on any atom is 0.266 e. The zero-order valence-corrected chi connectivity index (χ0v) is 24.8. The van der Waals surface area contributed by atoms with Gasteiger partial charge in [0.15, 0.2) is 5.82 Å². The van der Waals surface area contributed by atoms with Crippen LogP contribution in [-0.2, 0) is 16.0 Å². The Morgan fingerprint density at radius 1 is 1.07 bits per heavy atom. The van der Waals surface area contributed by atoms with Crippen LogP contribution in [0.1, 0.15) is 24.2 Å². The van der Waals surface area contributed by atoms with E-state index in [2.05, 4.69) is 25.5 Å². The first-order valence-electron chi connectivity index (χ1n) is 13.0. The number of nitrogens with one attached hydrogen (secondary N) is 1. The Morgan fingerprint density at radius 3 is 2.65 bits per heavy atom. The molecule has 1 amide bonds. The number of aromatic nitrogens is 4. The highest BCUT2D eigenvalue weighted by Gasteiger charge is 2.31. The first-order valence-corrected chi connectivity index (χ1v) is 15.0. The van der Waals surface area contributed by atoms with Crippen LogP contribution >= 0.6 is 47.2 Å². The second-order valence-electron chi connectivity index (χ2n) is 9.30. The molecule has 1 aromatic heterocycles. The number of unbranched alkanes of at least 4 members (excludes halogenated alkanes) is 1. The molecule has 0 saturated carbocycles. The van der Waals surface area contributed by atoms with Crippen molar-refractivity contribution in [3.63, 3.8) is 0 Å². The molecule has 0 radical (unpaired) electrons. The summed E-state index contributed by atoms with van der Waals surface area (Å²) >= 11 is 19.3. The Labute approximate surface area is 252 Å². The number of thioether (sulfide) groups is 1. The van der Waals surface area contributed by atoms with Gasteiger partial charge in [-0.25, -0.2) is 0 Å². The van der Waals surface area contributed by atoms with E-state index in [0.29, 0.717) is 50.4 Å². The van der Waals surface area contributed by atoms with Crippen LogP contribution in [0.4, 0.5) is 0 Å². The Balaban J connectivity index is 1.32. The number of carbonyl (C=O) groups is 1. The van der Waals surface area contributed by atoms with E-state index < -0.39 is 0 Å². The van der Waals surface area contributed by atoms with Crippen molar-refractivity contribution in [3.8, 4) is 16.9 Å². The molecule has 2 aromatic carbocycles. The maximum atomic E-state index is 13.3. The number of ether oxygens (including phenoxy) is 2. The number of aryl methyl sites for hydroxylation is 1. The van der Waals surface area contributed by atoms with Gasteiger partial charge in [-0.1, -0.05) is 64.5 Å². The lowest BCUT2D eigenvalue weighted by molar-refractivity contribution is -0.122. The Bertz CT molecular complexity index is 1380. The predicted molar refractivity (Wildman–Crippen MR) is 162 cm³/mol. The van der Waals surface area contributed by atoms with Gasteiger partial charge in [0.05, 0.1) is 28.2 Å². The summed E-state index contributed by atoms with van der Waals surface area (Å²) < 4.78 is 12.2. The Hall–Kier alpha value is -2.54. The fourth-order valence-corrected chi connectivity index (χ4v) is 6.03. The van der Waals surface area contributed by atoms with Crippen molar-refractivity contribution >= 4 is 63.5 Å². The zero-order chi connectivity index (χ0) is 27.9. The molecule has 2 aliphatic rings. The van der Waals surface area contributed by atoms with Gasteiger partial charge in [-0.15, -0.1) is 10.2 Å². The van der Waals surface area contributed by atoms with Gasteiger partial charge in [0, 0.05) is 38.2 Å². The van der Waals surface area contributed by atoms with Crippen molar-refractivity contribution in [2.24, 2.45) is 0 Å². The monoisotopic (exact) mass is 618 g/mol. The average molecular weight is 620 g/mol. The fraction of sp³-hybridized carbons (Fsp3) is 0.370. The van der Waals surface area contributed by atoms with E-state index in [-0.39, 0.29) is 5.91 Å². The third kappa shape index (κ3) is 7.39. The zero-order valence-electron chi connectivity index (χ0n) is 21.6. The van der Waals surface area contributed by atoms with Crippen LogP contribution in [0.3, 0.4) is 0 Å². The van der Waals surface area contributed by atoms with E-state index in [1.54, 1.807) is 11.0 Å². The van der Waals surface area contributed by atoms with Crippen LogP contribution in [0, 0.1) is 0 Å². The number of amides is 1. The Kier molecular flexibility index (Phi) is 10.1. The van der Waals surface area contributed by atoms with Crippen LogP contribution in [0.15, 0.2) is 41.3 Å². The van der Waals surface area contributed by atoms with Crippen molar-refractivity contribution < 1.29 is 14.3 Å². The van der Waals surface area contributed by atoms with Gasteiger partial charge < -0.3 is 9.47 Å². The van der Waals surface area contributed by atoms with Crippen LogP contribution < -0.4 is 4.74 Å². The molecule has 210 valence electrons. The number of hydrogen-bond acceptors (Lipinski definition) is 9. The Morgan fingerprint density at radius 2 is 1.88 bits per heavy atom. The minimum atomic E-state index is -0.103. The summed E-state index contributed by atoms with van der Waals surface area (Å²) in [6, 6.07) is 11.4. The molecule has 40 heavy (non-hydrogen) atoms. The molecule has 3 heterocycles. The normalized spacial score (nSPS) is 17.2. The molecule has 2 aliphatic heterocycles. The summed E-state index contributed by atoms with van der Waals surface area (Å²) in [5, 5.41) is 14.9. The third-order valence-electron chi connectivity index (χ3n) is 6.61. The first-order chi connectivity index (χ1) is 19.5. The molecule has 9 nitrogen and oxygen atoms in total. The molecule has 2 fully saturated rings. The first kappa shape index (κ1) is 29.0. The molecule has 3 aromatic rings. The summed E-state index contributed by atoms with van der Waals surface area (Å²) in [5.41, 5.74) is 2.64. The van der Waals surface area contributed by atoms with E-state index >= 15 is 0 Å². The lowest BCUT2D eigenvalue weighted by Crippen LogP contribution is -2.38. The number of halogens is 2. The van der Waals surface area contributed by atoms with E-state index in [0.717, 1.165) is 62.4 Å². The number of benzene rings is 2. The summed E-state index contributed by atoms with van der Waals surface area (Å²) in [7, 11) is 0. The third-order valence-corrected chi connectivity index (χ3v) is 8.73. The van der Waals surface area contributed by atoms with Crippen LogP contribution in [-0.4, -0.2) is 86.7 Å². The molecule has 0 bridgehead atoms. The molecule has 5 rings (SSSR count). The van der Waals surface area contributed by atoms with Crippen molar-refractivity contribution in [3.05, 3.63) is 62.7 Å². The van der Waals surface area contributed by atoms with Crippen molar-refractivity contribution in [1.82, 2.24) is 30.4 Å². The van der Waals surface area contributed by atoms with Gasteiger partial charge in [0.25, 0.3) is 5.91 Å². The topological polar surface area (TPSA) is 96.5 Å². The molecule has 0 spiro atoms. The number of carbonyl (C=O) groups excluding carboxylic acids is 1. The molecule has 2 saturated heterocycles. The molecular formula is C27H28Cl2N6O3S2. The van der Waals surface area contributed by atoms with E-state index in [1.165, 1.54) is 11.8 Å². The average Bonchev–Trinajstić information content (AvgIpc) is 3.57. The van der Waals surface area contributed by atoms with Gasteiger partial charge in [-0.2, -0.15) is 5.21 Å². The number of rotatable bonds is 11. The van der Waals surface area contributed by atoms with Crippen LogP contribution in [0.5, 0.6) is 5.75 Å². The smallest absolute Gasteiger partial charge is 0.266 e. The lowest BCUT2D eigenvalue weighted by Gasteiger charge is -2.26. The van der Waals surface area contributed by atoms with Crippen LogP contribution in [0.2, 0.25) is 10.0 Å². The highest BCUT2D eigenvalue weighted by molar-refractivity contribution is 8.26. The highest BCUT2D eigenvalue weighted by atomic mass is 35.5. The molecule has 0 unspecified atom stereocenters. The summed E-state index contributed by atoms with van der Waals surface area (Å²) in [6.07, 6.45) is 4.15. The minimum Gasteiger partial charge on any atom is -0.492 e. The van der Waals surface area contributed by atoms with Crippen molar-refractivity contribution in [2.75, 3.05) is 46.0 Å². The molecule has 13 heteroatoms. The number of thiocarbonyl (C=S) groups is 1. The number of aromatic amines is 1. The van der Waals surface area contributed by atoms with Gasteiger partial charge >= 0.3 is 0 Å². The SMILES string of the molecule is O=C1C(=Cc2cc(-c3ccc(Cl)c(Cl)c3)ccc2OCCN2CCOCC2)SC(=S)N1CCCCc1nn[nH]n1. The van der Waals surface area contributed by atoms with E-state index in [4.69, 9.17) is 44.9 Å². The largest absolute Gasteiger partial charge is 0.492 e. The number of nitrogens with zero attached hydrogens (tertiary/aromatic N) is 5. The summed E-state index contributed by atoms with van der Waals surface area (Å²) in [5.74, 6) is 1.25. The molecule has 0 aliphatic carbocycles. The second kappa shape index (κ2) is 13.9. The molecular weight excluding hydrogens is 591 g/mol. The van der Waals surface area contributed by atoms with Crippen LogP contribution in [0.25, 0.3) is 17.2 Å². The van der Waals surface area contributed by atoms with Gasteiger partial charge in [0.2, 0.25) is 0 Å². The lowest BCUT2D eigenvalue weighted by atomic mass is 10.0. The highest BCUT2D eigenvalue weighted by Crippen LogP contribution is 2.37. The number of morpholine rings is 1. The number of hydrogen-bond donors (Lipinski definition) is 1. The minimum absolute atomic E-state index is 0.103. The van der Waals surface area contributed by atoms with Gasteiger partial charge in [-0.3, -0.25) is 14.6 Å². The summed E-state index contributed by atoms with van der Waals surface area (Å²) in [4.78, 5) is 17.9. The quantitative estimate of drug-likeness (QED) is 0.179. The number of H-pyrrole nitrogens is 1. The number of tetrazole rings is 1. The molecule has 1 N–H and O–H groups in total. The standard InChI is InChI=1S/C27H28Cl2N6O3S2/c28-21-6-4-19(16-22(21)29)18-5-7-23(38-14-11-34-9-12-37-13-10-34)20(15-18)17-24-26(36)35(27(39)40-24)8-2-1-3-25-30-32-33-31-25/h4-7,15-17H,1-3,8-14H2,(H,30,31,32,33). The van der Waals surface area contributed by atoms with E-state index in [1.807, 2.05) is 36.4 Å². The van der Waals surface area contributed by atoms with Gasteiger partial charge in [0.1, 0.15) is 16.7 Å². The van der Waals surface area contributed by atoms with E-state index in [9.17, 15) is 4.79 Å². The van der Waals surface area contributed by atoms with Crippen molar-refractivity contribution in [1.29, 1.82) is 0 Å². The van der Waals surface area contributed by atoms with Crippen molar-refractivity contribution in [2.45, 2.75) is 19.3 Å². The maximum absolute atomic E-state index is 13.3. The molecule has 0 atom stereocenters. The summed E-state index contributed by atoms with van der Waals surface area (Å²) in [6.45, 7) is 5.11. The van der Waals surface area contributed by atoms with Gasteiger partial charge in [-0.05, 0) is 54.3 Å². The second-order valence-corrected chi connectivity index (χ2v) is 11.8. The predicted octanol–water partition coefficient (Wildman–Crippen LogP) is 5.11. The fourth-order valence-electron chi connectivity index (χ4n) is 4.43.